The van der Waals surface area contributed by atoms with Crippen molar-refractivity contribution in [3.8, 4) is 0 Å². The average Bonchev–Trinajstić information content (AvgIpc) is 2.93. The first kappa shape index (κ1) is 13.9. The molecule has 1 heterocycles. The lowest BCUT2D eigenvalue weighted by Gasteiger charge is -2.19. The molecule has 106 valence electrons. The van der Waals surface area contributed by atoms with Gasteiger partial charge in [0.15, 0.2) is 0 Å². The normalized spacial score (nSPS) is 18.9. The summed E-state index contributed by atoms with van der Waals surface area (Å²) in [7, 11) is 0. The summed E-state index contributed by atoms with van der Waals surface area (Å²) >= 11 is 3.53. The van der Waals surface area contributed by atoms with Gasteiger partial charge in [0.25, 0.3) is 0 Å². The van der Waals surface area contributed by atoms with E-state index in [0.717, 1.165) is 24.1 Å². The van der Waals surface area contributed by atoms with Crippen molar-refractivity contribution in [1.29, 1.82) is 0 Å². The van der Waals surface area contributed by atoms with E-state index in [-0.39, 0.29) is 0 Å². The van der Waals surface area contributed by atoms with Crippen LogP contribution in [0.15, 0.2) is 40.9 Å². The molecule has 1 unspecified atom stereocenters. The molecule has 0 amide bonds. The number of anilines is 1. The fourth-order valence-electron chi connectivity index (χ4n) is 2.91. The minimum atomic E-state index is 0.649. The van der Waals surface area contributed by atoms with Gasteiger partial charge >= 0.3 is 0 Å². The fraction of sp³-hybridized carbons (Fsp3) is 0.412. The number of hydrogen-bond donors (Lipinski definition) is 1. The van der Waals surface area contributed by atoms with Crippen molar-refractivity contribution in [2.45, 2.75) is 25.8 Å². The minimum Gasteiger partial charge on any atom is -0.370 e. The molecule has 2 nitrogen and oxygen atoms in total. The van der Waals surface area contributed by atoms with Gasteiger partial charge in [0.05, 0.1) is 0 Å². The Morgan fingerprint density at radius 3 is 2.85 bits per heavy atom. The maximum Gasteiger partial charge on any atom is 0.0373 e. The van der Waals surface area contributed by atoms with Crippen LogP contribution in [-0.4, -0.2) is 25.7 Å². The van der Waals surface area contributed by atoms with Crippen molar-refractivity contribution in [3.05, 3.63) is 40.9 Å². The first-order chi connectivity index (χ1) is 9.76. The molecule has 0 saturated carbocycles. The van der Waals surface area contributed by atoms with Gasteiger partial charge in [-0.25, -0.2) is 0 Å². The van der Waals surface area contributed by atoms with Crippen LogP contribution in [0, 0.1) is 0 Å². The lowest BCUT2D eigenvalue weighted by atomic mass is 10.1. The second-order valence-corrected chi connectivity index (χ2v) is 6.48. The first-order valence-corrected chi connectivity index (χ1v) is 8.23. The number of rotatable bonds is 4. The lowest BCUT2D eigenvalue weighted by Crippen LogP contribution is -2.32. The van der Waals surface area contributed by atoms with Crippen LogP contribution in [0.2, 0.25) is 0 Å². The summed E-state index contributed by atoms with van der Waals surface area (Å²) in [6.07, 6.45) is 2.46. The van der Waals surface area contributed by atoms with E-state index < -0.39 is 0 Å². The van der Waals surface area contributed by atoms with E-state index >= 15 is 0 Å². The van der Waals surface area contributed by atoms with Crippen molar-refractivity contribution in [1.82, 2.24) is 5.32 Å². The maximum absolute atomic E-state index is 3.63. The molecule has 2 aromatic rings. The van der Waals surface area contributed by atoms with E-state index in [4.69, 9.17) is 0 Å². The van der Waals surface area contributed by atoms with Gasteiger partial charge in [0.2, 0.25) is 0 Å². The summed E-state index contributed by atoms with van der Waals surface area (Å²) in [5.74, 6) is 0. The molecule has 1 aliphatic heterocycles. The highest BCUT2D eigenvalue weighted by molar-refractivity contribution is 9.10. The van der Waals surface area contributed by atoms with Crippen LogP contribution >= 0.6 is 15.9 Å². The molecule has 0 aromatic heterocycles. The van der Waals surface area contributed by atoms with Crippen molar-refractivity contribution in [2.75, 3.05) is 24.5 Å². The van der Waals surface area contributed by atoms with Gasteiger partial charge in [0, 0.05) is 29.3 Å². The lowest BCUT2D eigenvalue weighted by molar-refractivity contribution is 0.549. The average molecular weight is 333 g/mol. The summed E-state index contributed by atoms with van der Waals surface area (Å²) in [6, 6.07) is 13.9. The van der Waals surface area contributed by atoms with Gasteiger partial charge < -0.3 is 10.2 Å². The third-order valence-electron chi connectivity index (χ3n) is 4.02. The number of fused-ring (bicyclic) bond motifs is 1. The number of nitrogens with one attached hydrogen (secondary N) is 1. The topological polar surface area (TPSA) is 15.3 Å². The Bertz CT molecular complexity index is 597. The Kier molecular flexibility index (Phi) is 4.27. The number of halogens is 1. The van der Waals surface area contributed by atoms with Crippen molar-refractivity contribution < 1.29 is 0 Å². The quantitative estimate of drug-likeness (QED) is 0.903. The Morgan fingerprint density at radius 1 is 1.20 bits per heavy atom. The van der Waals surface area contributed by atoms with Gasteiger partial charge in [-0.1, -0.05) is 35.0 Å². The maximum atomic E-state index is 3.63. The number of benzene rings is 2. The van der Waals surface area contributed by atoms with Crippen LogP contribution < -0.4 is 10.2 Å². The summed E-state index contributed by atoms with van der Waals surface area (Å²) in [6.45, 7) is 5.64. The molecular weight excluding hydrogens is 312 g/mol. The number of nitrogens with zero attached hydrogens (tertiary/aromatic N) is 1. The van der Waals surface area contributed by atoms with Crippen LogP contribution in [0.25, 0.3) is 10.8 Å². The molecule has 20 heavy (non-hydrogen) atoms. The van der Waals surface area contributed by atoms with Crippen molar-refractivity contribution >= 4 is 32.4 Å². The van der Waals surface area contributed by atoms with Gasteiger partial charge in [-0.2, -0.15) is 0 Å². The highest BCUT2D eigenvalue weighted by atomic mass is 79.9. The van der Waals surface area contributed by atoms with Crippen LogP contribution in [0.5, 0.6) is 0 Å². The summed E-state index contributed by atoms with van der Waals surface area (Å²) in [5, 5.41) is 6.24. The highest BCUT2D eigenvalue weighted by Gasteiger charge is 2.21. The third-order valence-corrected chi connectivity index (χ3v) is 4.52. The molecular formula is C17H21BrN2. The molecule has 3 rings (SSSR count). The molecule has 1 fully saturated rings. The fourth-order valence-corrected chi connectivity index (χ4v) is 3.29. The van der Waals surface area contributed by atoms with E-state index in [1.54, 1.807) is 0 Å². The van der Waals surface area contributed by atoms with E-state index in [1.807, 2.05) is 0 Å². The largest absolute Gasteiger partial charge is 0.370 e. The van der Waals surface area contributed by atoms with Crippen molar-refractivity contribution in [3.63, 3.8) is 0 Å². The Balaban J connectivity index is 1.76. The molecule has 0 aliphatic carbocycles. The number of hydrogen-bond acceptors (Lipinski definition) is 2. The van der Waals surface area contributed by atoms with Crippen LogP contribution in [-0.2, 0) is 0 Å². The zero-order chi connectivity index (χ0) is 13.9. The molecule has 1 aliphatic rings. The Labute approximate surface area is 129 Å². The highest BCUT2D eigenvalue weighted by Crippen LogP contribution is 2.27. The molecule has 3 heteroatoms. The second kappa shape index (κ2) is 6.15. The predicted molar refractivity (Wildman–Crippen MR) is 90.6 cm³/mol. The van der Waals surface area contributed by atoms with E-state index in [9.17, 15) is 0 Å². The van der Waals surface area contributed by atoms with Crippen molar-refractivity contribution in [2.24, 2.45) is 0 Å². The van der Waals surface area contributed by atoms with E-state index in [0.29, 0.717) is 6.04 Å². The first-order valence-electron chi connectivity index (χ1n) is 7.44. The van der Waals surface area contributed by atoms with E-state index in [1.165, 1.54) is 29.3 Å². The van der Waals surface area contributed by atoms with Gasteiger partial charge in [0.1, 0.15) is 0 Å². The zero-order valence-electron chi connectivity index (χ0n) is 11.9. The standard InChI is InChI=1S/C17H21BrN2/c1-2-8-19-16-7-9-20(12-16)17-6-4-13-10-15(18)5-3-14(13)11-17/h3-6,10-11,16,19H,2,7-9,12H2,1H3. The van der Waals surface area contributed by atoms with Gasteiger partial charge in [-0.3, -0.25) is 0 Å². The van der Waals surface area contributed by atoms with Crippen LogP contribution in [0.3, 0.4) is 0 Å². The summed E-state index contributed by atoms with van der Waals surface area (Å²) < 4.78 is 1.14. The Hall–Kier alpha value is -1.06. The second-order valence-electron chi connectivity index (χ2n) is 5.56. The SMILES string of the molecule is CCCNC1CCN(c2ccc3cc(Br)ccc3c2)C1. The molecule has 0 radical (unpaired) electrons. The Morgan fingerprint density at radius 2 is 2.00 bits per heavy atom. The van der Waals surface area contributed by atoms with Crippen LogP contribution in [0.4, 0.5) is 5.69 Å². The smallest absolute Gasteiger partial charge is 0.0373 e. The predicted octanol–water partition coefficient (Wildman–Crippen LogP) is 4.18. The zero-order valence-corrected chi connectivity index (χ0v) is 13.5. The monoisotopic (exact) mass is 332 g/mol. The van der Waals surface area contributed by atoms with Gasteiger partial charge in [-0.15, -0.1) is 0 Å². The molecule has 0 bridgehead atoms. The summed E-state index contributed by atoms with van der Waals surface area (Å²) in [5.41, 5.74) is 1.35. The van der Waals surface area contributed by atoms with Gasteiger partial charge in [-0.05, 0) is 54.4 Å². The molecule has 1 N–H and O–H groups in total. The summed E-state index contributed by atoms with van der Waals surface area (Å²) in [4.78, 5) is 2.49. The van der Waals surface area contributed by atoms with E-state index in [2.05, 4.69) is 69.5 Å². The molecule has 0 spiro atoms. The van der Waals surface area contributed by atoms with Crippen LogP contribution in [0.1, 0.15) is 19.8 Å². The molecule has 1 atom stereocenters. The minimum absolute atomic E-state index is 0.649. The third kappa shape index (κ3) is 2.99. The molecule has 2 aromatic carbocycles. The molecule has 1 saturated heterocycles.